The minimum absolute atomic E-state index is 0.480. The van der Waals surface area contributed by atoms with Crippen LogP contribution in [0.1, 0.15) is 52.0 Å². The van der Waals surface area contributed by atoms with Crippen LogP contribution in [0, 0.1) is 0 Å². The quantitative estimate of drug-likeness (QED) is 0.658. The largest absolute Gasteiger partial charge is 0.492 e. The zero-order chi connectivity index (χ0) is 14.1. The lowest BCUT2D eigenvalue weighted by Gasteiger charge is -2.11. The van der Waals surface area contributed by atoms with Crippen LogP contribution in [0.4, 0.5) is 0 Å². The highest BCUT2D eigenvalue weighted by molar-refractivity contribution is 6.32. The lowest BCUT2D eigenvalue weighted by molar-refractivity contribution is 0.305. The van der Waals surface area contributed by atoms with E-state index >= 15 is 0 Å². The van der Waals surface area contributed by atoms with Crippen molar-refractivity contribution in [1.29, 1.82) is 0 Å². The maximum absolute atomic E-state index is 6.23. The standard InChI is InChI=1S/C16H26ClNO/c1-4-5-6-7-10-19-16-9-8-14(11-15(16)17)12-18-13(2)3/h8-9,11,13,18H,4-7,10,12H2,1-3H3. The molecule has 0 amide bonds. The molecule has 0 aliphatic rings. The van der Waals surface area contributed by atoms with Gasteiger partial charge in [0.25, 0.3) is 0 Å². The molecule has 0 heterocycles. The molecule has 0 aromatic heterocycles. The van der Waals surface area contributed by atoms with Crippen LogP contribution in [-0.4, -0.2) is 12.6 Å². The van der Waals surface area contributed by atoms with Gasteiger partial charge in [-0.3, -0.25) is 0 Å². The zero-order valence-electron chi connectivity index (χ0n) is 12.3. The van der Waals surface area contributed by atoms with Crippen molar-refractivity contribution in [3.8, 4) is 5.75 Å². The smallest absolute Gasteiger partial charge is 0.137 e. The average molecular weight is 284 g/mol. The number of hydrogen-bond acceptors (Lipinski definition) is 2. The maximum Gasteiger partial charge on any atom is 0.137 e. The molecule has 0 bridgehead atoms. The monoisotopic (exact) mass is 283 g/mol. The lowest BCUT2D eigenvalue weighted by Crippen LogP contribution is -2.21. The Hall–Kier alpha value is -0.730. The molecule has 3 heteroatoms. The molecule has 1 aromatic rings. The van der Waals surface area contributed by atoms with Gasteiger partial charge in [-0.05, 0) is 24.1 Å². The second-order valence-electron chi connectivity index (χ2n) is 5.21. The molecule has 0 atom stereocenters. The number of benzene rings is 1. The molecule has 19 heavy (non-hydrogen) atoms. The molecule has 0 radical (unpaired) electrons. The molecule has 1 rings (SSSR count). The molecule has 108 valence electrons. The Morgan fingerprint density at radius 3 is 2.63 bits per heavy atom. The van der Waals surface area contributed by atoms with E-state index in [-0.39, 0.29) is 0 Å². The summed E-state index contributed by atoms with van der Waals surface area (Å²) in [5.41, 5.74) is 1.19. The first-order chi connectivity index (χ1) is 9.13. The predicted octanol–water partition coefficient (Wildman–Crippen LogP) is 4.80. The Morgan fingerprint density at radius 1 is 1.21 bits per heavy atom. The maximum atomic E-state index is 6.23. The van der Waals surface area contributed by atoms with Crippen LogP contribution in [-0.2, 0) is 6.54 Å². The zero-order valence-corrected chi connectivity index (χ0v) is 13.1. The van der Waals surface area contributed by atoms with E-state index < -0.39 is 0 Å². The predicted molar refractivity (Wildman–Crippen MR) is 83.1 cm³/mol. The van der Waals surface area contributed by atoms with Crippen LogP contribution in [0.25, 0.3) is 0 Å². The van der Waals surface area contributed by atoms with Gasteiger partial charge in [-0.2, -0.15) is 0 Å². The first-order valence-electron chi connectivity index (χ1n) is 7.28. The van der Waals surface area contributed by atoms with Crippen molar-refractivity contribution in [3.63, 3.8) is 0 Å². The van der Waals surface area contributed by atoms with Crippen LogP contribution >= 0.6 is 11.6 Å². The second-order valence-corrected chi connectivity index (χ2v) is 5.62. The fraction of sp³-hybridized carbons (Fsp3) is 0.625. The van der Waals surface area contributed by atoms with Crippen molar-refractivity contribution in [3.05, 3.63) is 28.8 Å². The van der Waals surface area contributed by atoms with Crippen LogP contribution in [0.15, 0.2) is 18.2 Å². The number of hydrogen-bond donors (Lipinski definition) is 1. The van der Waals surface area contributed by atoms with Crippen LogP contribution in [0.5, 0.6) is 5.75 Å². The highest BCUT2D eigenvalue weighted by Crippen LogP contribution is 2.25. The molecular weight excluding hydrogens is 258 g/mol. The summed E-state index contributed by atoms with van der Waals surface area (Å²) >= 11 is 6.23. The van der Waals surface area contributed by atoms with Gasteiger partial charge >= 0.3 is 0 Å². The third kappa shape index (κ3) is 6.84. The van der Waals surface area contributed by atoms with Crippen molar-refractivity contribution in [2.75, 3.05) is 6.61 Å². The van der Waals surface area contributed by atoms with Crippen molar-refractivity contribution in [2.24, 2.45) is 0 Å². The van der Waals surface area contributed by atoms with Crippen LogP contribution < -0.4 is 10.1 Å². The Kier molecular flexibility index (Phi) is 7.92. The summed E-state index contributed by atoms with van der Waals surface area (Å²) in [6.07, 6.45) is 4.85. The van der Waals surface area contributed by atoms with Gasteiger partial charge in [0.05, 0.1) is 11.6 Å². The minimum atomic E-state index is 0.480. The fourth-order valence-corrected chi connectivity index (χ4v) is 2.06. The van der Waals surface area contributed by atoms with Crippen molar-refractivity contribution in [2.45, 2.75) is 59.0 Å². The molecule has 0 saturated heterocycles. The van der Waals surface area contributed by atoms with E-state index in [1.807, 2.05) is 12.1 Å². The summed E-state index contributed by atoms with van der Waals surface area (Å²) in [4.78, 5) is 0. The summed E-state index contributed by atoms with van der Waals surface area (Å²) in [5, 5.41) is 4.08. The molecule has 1 N–H and O–H groups in total. The summed E-state index contributed by atoms with van der Waals surface area (Å²) < 4.78 is 5.71. The summed E-state index contributed by atoms with van der Waals surface area (Å²) in [7, 11) is 0. The average Bonchev–Trinajstić information content (AvgIpc) is 2.38. The molecule has 0 saturated carbocycles. The van der Waals surface area contributed by atoms with E-state index in [1.165, 1.54) is 24.8 Å². The third-order valence-corrected chi connectivity index (χ3v) is 3.26. The van der Waals surface area contributed by atoms with Gasteiger partial charge in [0.2, 0.25) is 0 Å². The number of rotatable bonds is 9. The van der Waals surface area contributed by atoms with Crippen molar-refractivity contribution < 1.29 is 4.74 Å². The topological polar surface area (TPSA) is 21.3 Å². The fourth-order valence-electron chi connectivity index (χ4n) is 1.80. The highest BCUT2D eigenvalue weighted by atomic mass is 35.5. The summed E-state index contributed by atoms with van der Waals surface area (Å²) in [6.45, 7) is 8.07. The SMILES string of the molecule is CCCCCCOc1ccc(CNC(C)C)cc1Cl. The van der Waals surface area contributed by atoms with E-state index in [9.17, 15) is 0 Å². The third-order valence-electron chi connectivity index (χ3n) is 2.97. The van der Waals surface area contributed by atoms with Gasteiger partial charge in [-0.25, -0.2) is 0 Å². The van der Waals surface area contributed by atoms with Gasteiger partial charge in [0, 0.05) is 12.6 Å². The molecule has 0 fully saturated rings. The number of nitrogens with one attached hydrogen (secondary N) is 1. The van der Waals surface area contributed by atoms with Crippen LogP contribution in [0.2, 0.25) is 5.02 Å². The first kappa shape index (κ1) is 16.3. The van der Waals surface area contributed by atoms with Crippen LogP contribution in [0.3, 0.4) is 0 Å². The number of unbranched alkanes of at least 4 members (excludes halogenated alkanes) is 3. The number of ether oxygens (including phenoxy) is 1. The van der Waals surface area contributed by atoms with E-state index in [1.54, 1.807) is 0 Å². The van der Waals surface area contributed by atoms with Gasteiger partial charge in [0.15, 0.2) is 0 Å². The molecule has 2 nitrogen and oxygen atoms in total. The van der Waals surface area contributed by atoms with Gasteiger partial charge < -0.3 is 10.1 Å². The highest BCUT2D eigenvalue weighted by Gasteiger charge is 2.03. The van der Waals surface area contributed by atoms with E-state index in [0.29, 0.717) is 11.1 Å². The Bertz CT molecular complexity index is 366. The molecule has 0 aliphatic heterocycles. The van der Waals surface area contributed by atoms with Crippen molar-refractivity contribution >= 4 is 11.6 Å². The van der Waals surface area contributed by atoms with Gasteiger partial charge in [-0.1, -0.05) is 57.7 Å². The molecular formula is C16H26ClNO. The molecule has 0 spiro atoms. The lowest BCUT2D eigenvalue weighted by atomic mass is 10.2. The summed E-state index contributed by atoms with van der Waals surface area (Å²) in [6, 6.07) is 6.51. The van der Waals surface area contributed by atoms with E-state index in [0.717, 1.165) is 25.3 Å². The minimum Gasteiger partial charge on any atom is -0.492 e. The number of halogens is 1. The van der Waals surface area contributed by atoms with Gasteiger partial charge in [-0.15, -0.1) is 0 Å². The molecule has 1 aromatic carbocycles. The normalized spacial score (nSPS) is 11.0. The first-order valence-corrected chi connectivity index (χ1v) is 7.66. The van der Waals surface area contributed by atoms with Gasteiger partial charge in [0.1, 0.15) is 5.75 Å². The van der Waals surface area contributed by atoms with Crippen molar-refractivity contribution in [1.82, 2.24) is 5.32 Å². The van der Waals surface area contributed by atoms with E-state index in [2.05, 4.69) is 32.2 Å². The van der Waals surface area contributed by atoms with E-state index in [4.69, 9.17) is 16.3 Å². The Labute approximate surface area is 122 Å². The molecule has 0 aliphatic carbocycles. The summed E-state index contributed by atoms with van der Waals surface area (Å²) in [5.74, 6) is 0.798. The second kappa shape index (κ2) is 9.22. The molecule has 0 unspecified atom stereocenters. The Balaban J connectivity index is 2.39. The Morgan fingerprint density at radius 2 is 2.00 bits per heavy atom.